The molecule has 0 amide bonds. The van der Waals surface area contributed by atoms with Crippen LogP contribution in [0, 0.1) is 6.92 Å². The minimum Gasteiger partial charge on any atom is -1.00 e. The molecule has 0 aliphatic carbocycles. The maximum atomic E-state index is 11.8. The zero-order valence-electron chi connectivity index (χ0n) is 11.1. The van der Waals surface area contributed by atoms with Crippen LogP contribution >= 0.6 is 0 Å². The van der Waals surface area contributed by atoms with E-state index in [0.29, 0.717) is 10.9 Å². The summed E-state index contributed by atoms with van der Waals surface area (Å²) in [5, 5.41) is 1.59. The van der Waals surface area contributed by atoms with Gasteiger partial charge in [0.05, 0.1) is 7.11 Å². The Kier molecular flexibility index (Phi) is 4.75. The molecule has 2 aromatic rings. The molecule has 0 spiro atoms. The van der Waals surface area contributed by atoms with E-state index in [9.17, 15) is 8.42 Å². The Bertz CT molecular complexity index is 641. The van der Waals surface area contributed by atoms with Gasteiger partial charge in [-0.15, -0.1) is 0 Å². The predicted octanol–water partition coefficient (Wildman–Crippen LogP) is -0.400. The second-order valence-corrected chi connectivity index (χ2v) is 5.20. The maximum absolute atomic E-state index is 11.8. The predicted molar refractivity (Wildman–Crippen MR) is 64.0 cm³/mol. The first-order valence-corrected chi connectivity index (χ1v) is 6.26. The van der Waals surface area contributed by atoms with E-state index in [1.165, 1.54) is 7.11 Å². The summed E-state index contributed by atoms with van der Waals surface area (Å²) in [5.74, 6) is 0. The van der Waals surface area contributed by atoms with Gasteiger partial charge in [-0.1, -0.05) is 36.4 Å². The molecule has 17 heavy (non-hydrogen) atoms. The van der Waals surface area contributed by atoms with Gasteiger partial charge in [-0.25, -0.2) is 0 Å². The Morgan fingerprint density at radius 1 is 1.12 bits per heavy atom. The van der Waals surface area contributed by atoms with Gasteiger partial charge < -0.3 is 1.43 Å². The van der Waals surface area contributed by atoms with Crippen LogP contribution in [0.15, 0.2) is 41.3 Å². The smallest absolute Gasteiger partial charge is 1.00 e. The van der Waals surface area contributed by atoms with Gasteiger partial charge >= 0.3 is 29.6 Å². The van der Waals surface area contributed by atoms with E-state index in [4.69, 9.17) is 0 Å². The van der Waals surface area contributed by atoms with E-state index in [1.54, 1.807) is 19.1 Å². The van der Waals surface area contributed by atoms with Gasteiger partial charge in [0.15, 0.2) is 0 Å². The SMILES string of the molecule is COS(=O)(=O)c1c(C)ccc2ccccc12.[H-].[Na+]. The van der Waals surface area contributed by atoms with Crippen molar-refractivity contribution in [2.24, 2.45) is 0 Å². The van der Waals surface area contributed by atoms with Crippen LogP contribution in [-0.2, 0) is 14.3 Å². The first kappa shape index (κ1) is 14.7. The molecule has 0 radical (unpaired) electrons. The van der Waals surface area contributed by atoms with Gasteiger partial charge in [0.25, 0.3) is 10.1 Å². The minimum atomic E-state index is -3.66. The molecular formula is C12H13NaO3S. The second-order valence-electron chi connectivity index (χ2n) is 3.55. The summed E-state index contributed by atoms with van der Waals surface area (Å²) in [7, 11) is -2.48. The third-order valence-electron chi connectivity index (χ3n) is 2.55. The van der Waals surface area contributed by atoms with Crippen LogP contribution in [-0.4, -0.2) is 15.5 Å². The van der Waals surface area contributed by atoms with Crippen molar-refractivity contribution in [1.82, 2.24) is 0 Å². The maximum Gasteiger partial charge on any atom is 1.00 e. The van der Waals surface area contributed by atoms with Crippen LogP contribution in [0.3, 0.4) is 0 Å². The average Bonchev–Trinajstić information content (AvgIpc) is 2.28. The molecule has 86 valence electrons. The molecule has 3 nitrogen and oxygen atoms in total. The Morgan fingerprint density at radius 3 is 2.41 bits per heavy atom. The summed E-state index contributed by atoms with van der Waals surface area (Å²) in [6.45, 7) is 1.76. The van der Waals surface area contributed by atoms with Gasteiger partial charge in [0.2, 0.25) is 0 Å². The number of fused-ring (bicyclic) bond motifs is 1. The Labute approximate surface area is 125 Å². The van der Waals surface area contributed by atoms with Crippen LogP contribution in [0.4, 0.5) is 0 Å². The molecule has 0 heterocycles. The standard InChI is InChI=1S/C12H12O3S.Na.H/c1-9-7-8-10-5-3-4-6-11(10)12(9)16(13,14)15-2;;/h3-8H,1-2H3;;/q;+1;-1. The van der Waals surface area contributed by atoms with Crippen LogP contribution in [0.2, 0.25) is 0 Å². The monoisotopic (exact) mass is 260 g/mol. The van der Waals surface area contributed by atoms with Gasteiger partial charge in [-0.05, 0) is 17.9 Å². The quantitative estimate of drug-likeness (QED) is 0.545. The van der Waals surface area contributed by atoms with Crippen molar-refractivity contribution in [3.8, 4) is 0 Å². The molecule has 0 aliphatic rings. The van der Waals surface area contributed by atoms with Crippen molar-refractivity contribution < 1.29 is 43.6 Å². The summed E-state index contributed by atoms with van der Waals surface area (Å²) in [6, 6.07) is 11.0. The van der Waals surface area contributed by atoms with Crippen LogP contribution in [0.5, 0.6) is 0 Å². The molecule has 0 unspecified atom stereocenters. The Balaban J connectivity index is 0.00000144. The molecule has 2 aromatic carbocycles. The van der Waals surface area contributed by atoms with Crippen molar-refractivity contribution in [1.29, 1.82) is 0 Å². The molecule has 0 atom stereocenters. The molecule has 0 saturated heterocycles. The van der Waals surface area contributed by atoms with Crippen LogP contribution in [0.1, 0.15) is 6.99 Å². The largest absolute Gasteiger partial charge is 1.00 e. The third-order valence-corrected chi connectivity index (χ3v) is 4.03. The summed E-state index contributed by atoms with van der Waals surface area (Å²) in [4.78, 5) is 0.258. The Morgan fingerprint density at radius 2 is 1.76 bits per heavy atom. The summed E-state index contributed by atoms with van der Waals surface area (Å²) in [5.41, 5.74) is 0.695. The number of rotatable bonds is 2. The van der Waals surface area contributed by atoms with E-state index >= 15 is 0 Å². The minimum absolute atomic E-state index is 0. The molecule has 0 fully saturated rings. The van der Waals surface area contributed by atoms with E-state index < -0.39 is 10.1 Å². The van der Waals surface area contributed by atoms with Gasteiger partial charge in [-0.3, -0.25) is 4.18 Å². The van der Waals surface area contributed by atoms with Crippen molar-refractivity contribution in [2.45, 2.75) is 11.8 Å². The van der Waals surface area contributed by atoms with Crippen molar-refractivity contribution in [2.75, 3.05) is 7.11 Å². The van der Waals surface area contributed by atoms with Crippen LogP contribution in [0.25, 0.3) is 10.8 Å². The number of aryl methyl sites for hydroxylation is 1. The second kappa shape index (κ2) is 5.50. The van der Waals surface area contributed by atoms with E-state index in [0.717, 1.165) is 5.39 Å². The fourth-order valence-corrected chi connectivity index (χ4v) is 2.85. The van der Waals surface area contributed by atoms with Crippen molar-refractivity contribution >= 4 is 20.9 Å². The first-order chi connectivity index (χ1) is 7.56. The molecule has 0 aliphatic heterocycles. The molecule has 0 aromatic heterocycles. The molecule has 0 N–H and O–H groups in total. The molecular weight excluding hydrogens is 247 g/mol. The zero-order valence-corrected chi connectivity index (χ0v) is 12.9. The average molecular weight is 260 g/mol. The topological polar surface area (TPSA) is 43.4 Å². The van der Waals surface area contributed by atoms with Gasteiger partial charge in [-0.2, -0.15) is 8.42 Å². The summed E-state index contributed by atoms with van der Waals surface area (Å²) < 4.78 is 28.2. The molecule has 5 heteroatoms. The summed E-state index contributed by atoms with van der Waals surface area (Å²) >= 11 is 0. The van der Waals surface area contributed by atoms with E-state index in [2.05, 4.69) is 4.18 Å². The van der Waals surface area contributed by atoms with Crippen molar-refractivity contribution in [3.63, 3.8) is 0 Å². The molecule has 0 bridgehead atoms. The van der Waals surface area contributed by atoms with Crippen molar-refractivity contribution in [3.05, 3.63) is 42.0 Å². The fourth-order valence-electron chi connectivity index (χ4n) is 1.77. The first-order valence-electron chi connectivity index (χ1n) is 4.85. The molecule has 2 rings (SSSR count). The number of hydrogen-bond acceptors (Lipinski definition) is 3. The number of benzene rings is 2. The third kappa shape index (κ3) is 2.72. The summed E-state index contributed by atoms with van der Waals surface area (Å²) in [6.07, 6.45) is 0. The zero-order chi connectivity index (χ0) is 11.8. The number of hydrogen-bond donors (Lipinski definition) is 0. The van der Waals surface area contributed by atoms with E-state index in [-0.39, 0.29) is 35.9 Å². The fraction of sp³-hybridized carbons (Fsp3) is 0.167. The van der Waals surface area contributed by atoms with Crippen LogP contribution < -0.4 is 29.6 Å². The van der Waals surface area contributed by atoms with E-state index in [1.807, 2.05) is 24.3 Å². The van der Waals surface area contributed by atoms with Gasteiger partial charge in [0.1, 0.15) is 4.90 Å². The van der Waals surface area contributed by atoms with Gasteiger partial charge in [0, 0.05) is 5.39 Å². The Hall–Kier alpha value is -0.390. The normalized spacial score (nSPS) is 11.2. The molecule has 0 saturated carbocycles.